The van der Waals surface area contributed by atoms with Crippen LogP contribution in [0.1, 0.15) is 6.92 Å². The molecular formula is C11H12N2O3. The second kappa shape index (κ2) is 5.55. The molecule has 0 aromatic heterocycles. The molecule has 1 amide bonds. The van der Waals surface area contributed by atoms with Crippen molar-refractivity contribution in [3.63, 3.8) is 0 Å². The van der Waals surface area contributed by atoms with Gasteiger partial charge in [0.25, 0.3) is 0 Å². The smallest absolute Gasteiger partial charge is 0.418 e. The lowest BCUT2D eigenvalue weighted by atomic mass is 10.3. The van der Waals surface area contributed by atoms with Crippen LogP contribution in [0.4, 0.5) is 4.79 Å². The Hall–Kier alpha value is -2.30. The van der Waals surface area contributed by atoms with E-state index in [1.807, 2.05) is 0 Å². The molecule has 1 aromatic carbocycles. The second-order valence-electron chi connectivity index (χ2n) is 3.03. The first-order valence-electron chi connectivity index (χ1n) is 4.57. The summed E-state index contributed by atoms with van der Waals surface area (Å²) >= 11 is 0. The summed E-state index contributed by atoms with van der Waals surface area (Å²) in [6.45, 7) is 1.40. The maximum Gasteiger partial charge on any atom is 0.418 e. The van der Waals surface area contributed by atoms with E-state index in [2.05, 4.69) is 5.32 Å². The first kappa shape index (κ1) is 11.8. The summed E-state index contributed by atoms with van der Waals surface area (Å²) in [6, 6.07) is 8.49. The largest absolute Gasteiger partial charge is 0.512 e. The van der Waals surface area contributed by atoms with Gasteiger partial charge < -0.3 is 9.84 Å². The number of hydrogen-bond acceptors (Lipinski definition) is 4. The van der Waals surface area contributed by atoms with Gasteiger partial charge in [-0.05, 0) is 19.1 Å². The lowest BCUT2D eigenvalue weighted by molar-refractivity contribution is 0.206. The third kappa shape index (κ3) is 4.28. The van der Waals surface area contributed by atoms with Gasteiger partial charge in [-0.15, -0.1) is 0 Å². The number of amides is 1. The van der Waals surface area contributed by atoms with Crippen LogP contribution in [0.15, 0.2) is 42.2 Å². The summed E-state index contributed by atoms with van der Waals surface area (Å²) in [6.07, 6.45) is 0.334. The molecule has 3 N–H and O–H groups in total. The van der Waals surface area contributed by atoms with Gasteiger partial charge in [0.05, 0.1) is 5.76 Å². The van der Waals surface area contributed by atoms with Crippen molar-refractivity contribution in [2.24, 2.45) is 0 Å². The minimum atomic E-state index is -0.770. The van der Waals surface area contributed by atoms with Crippen molar-refractivity contribution in [1.29, 1.82) is 5.41 Å². The number of aliphatic hydroxyl groups excluding tert-OH is 1. The van der Waals surface area contributed by atoms with Crippen LogP contribution in [0.5, 0.6) is 5.75 Å². The predicted molar refractivity (Wildman–Crippen MR) is 59.7 cm³/mol. The quantitative estimate of drug-likeness (QED) is 0.406. The van der Waals surface area contributed by atoms with Crippen LogP contribution in [0.2, 0.25) is 0 Å². The molecule has 1 aromatic rings. The summed E-state index contributed by atoms with van der Waals surface area (Å²) in [5.41, 5.74) is 0. The van der Waals surface area contributed by atoms with Crippen molar-refractivity contribution in [3.05, 3.63) is 42.2 Å². The van der Waals surface area contributed by atoms with Gasteiger partial charge in [0, 0.05) is 6.08 Å². The minimum absolute atomic E-state index is 0.0648. The maximum atomic E-state index is 11.2. The molecule has 84 valence electrons. The number of carbonyl (C=O) groups is 1. The monoisotopic (exact) mass is 220 g/mol. The highest BCUT2D eigenvalue weighted by Crippen LogP contribution is 2.07. The van der Waals surface area contributed by atoms with Crippen LogP contribution in [-0.4, -0.2) is 17.0 Å². The SMILES string of the molecule is C/C(O)=C/C(=N)NC(=O)Oc1ccccc1. The highest BCUT2D eigenvalue weighted by molar-refractivity contribution is 6.00. The van der Waals surface area contributed by atoms with Gasteiger partial charge in [-0.1, -0.05) is 18.2 Å². The molecule has 0 aliphatic carbocycles. The van der Waals surface area contributed by atoms with Crippen molar-refractivity contribution in [3.8, 4) is 5.75 Å². The zero-order chi connectivity index (χ0) is 12.0. The van der Waals surface area contributed by atoms with E-state index in [0.717, 1.165) is 6.08 Å². The molecule has 0 unspecified atom stereocenters. The summed E-state index contributed by atoms with van der Waals surface area (Å²) in [4.78, 5) is 11.2. The Bertz CT molecular complexity index is 408. The molecule has 16 heavy (non-hydrogen) atoms. The third-order valence-corrected chi connectivity index (χ3v) is 1.54. The zero-order valence-electron chi connectivity index (χ0n) is 8.73. The molecule has 0 spiro atoms. The molecule has 0 radical (unpaired) electrons. The number of amidine groups is 1. The van der Waals surface area contributed by atoms with Crippen LogP contribution in [0, 0.1) is 5.41 Å². The number of benzene rings is 1. The van der Waals surface area contributed by atoms with Gasteiger partial charge in [-0.2, -0.15) is 0 Å². The number of allylic oxidation sites excluding steroid dienone is 1. The minimum Gasteiger partial charge on any atom is -0.512 e. The molecule has 5 nitrogen and oxygen atoms in total. The van der Waals surface area contributed by atoms with Gasteiger partial charge in [-0.25, -0.2) is 4.79 Å². The Morgan fingerprint density at radius 3 is 2.62 bits per heavy atom. The fourth-order valence-corrected chi connectivity index (χ4v) is 0.976. The van der Waals surface area contributed by atoms with Crippen molar-refractivity contribution < 1.29 is 14.6 Å². The van der Waals surface area contributed by atoms with Crippen LogP contribution < -0.4 is 10.1 Å². The van der Waals surface area contributed by atoms with Crippen molar-refractivity contribution in [1.82, 2.24) is 5.32 Å². The van der Waals surface area contributed by atoms with Crippen LogP contribution >= 0.6 is 0 Å². The molecule has 0 saturated heterocycles. The number of nitrogens with one attached hydrogen (secondary N) is 2. The third-order valence-electron chi connectivity index (χ3n) is 1.54. The summed E-state index contributed by atoms with van der Waals surface area (Å²) in [7, 11) is 0. The fourth-order valence-electron chi connectivity index (χ4n) is 0.976. The summed E-state index contributed by atoms with van der Waals surface area (Å²) < 4.78 is 4.86. The van der Waals surface area contributed by atoms with Crippen molar-refractivity contribution in [2.75, 3.05) is 0 Å². The average Bonchev–Trinajstić information content (AvgIpc) is 2.17. The number of para-hydroxylation sites is 1. The molecule has 0 aliphatic rings. The van der Waals surface area contributed by atoms with Gasteiger partial charge in [0.15, 0.2) is 0 Å². The first-order chi connectivity index (χ1) is 7.58. The van der Waals surface area contributed by atoms with Crippen LogP contribution in [-0.2, 0) is 0 Å². The summed E-state index contributed by atoms with van der Waals surface area (Å²) in [5.74, 6) is 0.0865. The molecule has 5 heteroatoms. The highest BCUT2D eigenvalue weighted by Gasteiger charge is 2.05. The van der Waals surface area contributed by atoms with Gasteiger partial charge in [0.2, 0.25) is 0 Å². The fraction of sp³-hybridized carbons (Fsp3) is 0.0909. The van der Waals surface area contributed by atoms with E-state index >= 15 is 0 Å². The number of carbonyl (C=O) groups excluding carboxylic acids is 1. The van der Waals surface area contributed by atoms with Gasteiger partial charge in [0.1, 0.15) is 11.6 Å². The van der Waals surface area contributed by atoms with E-state index in [0.29, 0.717) is 5.75 Å². The zero-order valence-corrected chi connectivity index (χ0v) is 8.73. The Kier molecular flexibility index (Phi) is 4.08. The maximum absolute atomic E-state index is 11.2. The molecule has 0 atom stereocenters. The van der Waals surface area contributed by atoms with Crippen molar-refractivity contribution >= 4 is 11.9 Å². The lowest BCUT2D eigenvalue weighted by Gasteiger charge is -2.04. The van der Waals surface area contributed by atoms with E-state index < -0.39 is 6.09 Å². The highest BCUT2D eigenvalue weighted by atomic mass is 16.6. The number of ether oxygens (including phenoxy) is 1. The van der Waals surface area contributed by atoms with E-state index in [1.165, 1.54) is 6.92 Å². The standard InChI is InChI=1S/C11H12N2O3/c1-8(14)7-10(12)13-11(15)16-9-5-3-2-4-6-9/h2-7,14H,1H3,(H2,12,13,15)/b8-7-. The van der Waals surface area contributed by atoms with E-state index in [-0.39, 0.29) is 11.6 Å². The molecular weight excluding hydrogens is 208 g/mol. The molecule has 0 bridgehead atoms. The van der Waals surface area contributed by atoms with E-state index in [4.69, 9.17) is 15.3 Å². The molecule has 1 rings (SSSR count). The Labute approximate surface area is 92.9 Å². The van der Waals surface area contributed by atoms with E-state index in [1.54, 1.807) is 30.3 Å². The lowest BCUT2D eigenvalue weighted by Crippen LogP contribution is -2.31. The molecule has 0 saturated carbocycles. The topological polar surface area (TPSA) is 82.4 Å². The first-order valence-corrected chi connectivity index (χ1v) is 4.57. The van der Waals surface area contributed by atoms with Crippen molar-refractivity contribution in [2.45, 2.75) is 6.92 Å². The predicted octanol–water partition coefficient (Wildman–Crippen LogP) is 2.21. The number of aliphatic hydroxyl groups is 1. The second-order valence-corrected chi connectivity index (χ2v) is 3.03. The molecule has 0 heterocycles. The van der Waals surface area contributed by atoms with Crippen LogP contribution in [0.25, 0.3) is 0 Å². The normalized spacial score (nSPS) is 10.7. The number of rotatable bonds is 2. The van der Waals surface area contributed by atoms with E-state index in [9.17, 15) is 4.79 Å². The van der Waals surface area contributed by atoms with Gasteiger partial charge >= 0.3 is 6.09 Å². The van der Waals surface area contributed by atoms with Gasteiger partial charge in [-0.3, -0.25) is 10.7 Å². The molecule has 0 aliphatic heterocycles. The van der Waals surface area contributed by atoms with Crippen LogP contribution in [0.3, 0.4) is 0 Å². The Morgan fingerprint density at radius 2 is 2.06 bits per heavy atom. The Balaban J connectivity index is 2.49. The number of hydrogen-bond donors (Lipinski definition) is 3. The average molecular weight is 220 g/mol. The Morgan fingerprint density at radius 1 is 1.44 bits per heavy atom. The summed E-state index contributed by atoms with van der Waals surface area (Å²) in [5, 5.41) is 18.3. The molecule has 0 fully saturated rings.